The standard InChI is InChI=1S/C18H21N3O3/c19-12-18(8-1-2-9-18)21-16(22)13-5-3-6-14(11-13)20-17(23)15-7-4-10-24-15/h3-7,10-11H,1-2,8-9,12,19H2,(H,20,23)(H,21,22). The number of hydrogen-bond acceptors (Lipinski definition) is 4. The van der Waals surface area contributed by atoms with Gasteiger partial charge in [0.1, 0.15) is 0 Å². The molecule has 24 heavy (non-hydrogen) atoms. The van der Waals surface area contributed by atoms with E-state index in [9.17, 15) is 9.59 Å². The van der Waals surface area contributed by atoms with Crippen LogP contribution in [-0.4, -0.2) is 23.9 Å². The first kappa shape index (κ1) is 16.3. The maximum atomic E-state index is 12.5. The summed E-state index contributed by atoms with van der Waals surface area (Å²) in [5.74, 6) is -0.305. The van der Waals surface area contributed by atoms with Crippen LogP contribution in [0, 0.1) is 0 Å². The summed E-state index contributed by atoms with van der Waals surface area (Å²) < 4.78 is 5.06. The molecule has 0 unspecified atom stereocenters. The van der Waals surface area contributed by atoms with Gasteiger partial charge in [0.15, 0.2) is 5.76 Å². The number of nitrogens with one attached hydrogen (secondary N) is 2. The van der Waals surface area contributed by atoms with Gasteiger partial charge in [-0.15, -0.1) is 0 Å². The summed E-state index contributed by atoms with van der Waals surface area (Å²) in [7, 11) is 0. The average molecular weight is 327 g/mol. The van der Waals surface area contributed by atoms with Gasteiger partial charge in [0.05, 0.1) is 11.8 Å². The SMILES string of the molecule is NCC1(NC(=O)c2cccc(NC(=O)c3ccco3)c2)CCCC1. The minimum absolute atomic E-state index is 0.170. The van der Waals surface area contributed by atoms with E-state index in [0.717, 1.165) is 25.7 Å². The molecule has 1 saturated carbocycles. The van der Waals surface area contributed by atoms with Crippen LogP contribution < -0.4 is 16.4 Å². The maximum absolute atomic E-state index is 12.5. The van der Waals surface area contributed by atoms with Gasteiger partial charge in [-0.05, 0) is 43.2 Å². The van der Waals surface area contributed by atoms with Crippen molar-refractivity contribution < 1.29 is 14.0 Å². The lowest BCUT2D eigenvalue weighted by Crippen LogP contribution is -2.51. The van der Waals surface area contributed by atoms with Gasteiger partial charge >= 0.3 is 0 Å². The van der Waals surface area contributed by atoms with E-state index in [0.29, 0.717) is 17.8 Å². The van der Waals surface area contributed by atoms with Crippen LogP contribution in [0.1, 0.15) is 46.6 Å². The highest BCUT2D eigenvalue weighted by Crippen LogP contribution is 2.29. The quantitative estimate of drug-likeness (QED) is 0.786. The number of nitrogens with two attached hydrogens (primary N) is 1. The Labute approximate surface area is 140 Å². The molecule has 1 fully saturated rings. The third-order valence-electron chi connectivity index (χ3n) is 4.46. The summed E-state index contributed by atoms with van der Waals surface area (Å²) in [6.07, 6.45) is 5.41. The fourth-order valence-electron chi connectivity index (χ4n) is 3.08. The summed E-state index contributed by atoms with van der Waals surface area (Å²) in [6, 6.07) is 10.1. The second-order valence-electron chi connectivity index (χ2n) is 6.16. The molecule has 2 amide bonds. The molecule has 3 rings (SSSR count). The highest BCUT2D eigenvalue weighted by molar-refractivity contribution is 6.03. The highest BCUT2D eigenvalue weighted by Gasteiger charge is 2.34. The smallest absolute Gasteiger partial charge is 0.291 e. The van der Waals surface area contributed by atoms with Crippen molar-refractivity contribution in [3.63, 3.8) is 0 Å². The molecule has 1 heterocycles. The van der Waals surface area contributed by atoms with Gasteiger partial charge < -0.3 is 20.8 Å². The summed E-state index contributed by atoms with van der Waals surface area (Å²) in [5.41, 5.74) is 6.59. The van der Waals surface area contributed by atoms with Crippen molar-refractivity contribution in [2.75, 3.05) is 11.9 Å². The van der Waals surface area contributed by atoms with Crippen molar-refractivity contribution in [3.05, 3.63) is 54.0 Å². The molecule has 0 spiro atoms. The van der Waals surface area contributed by atoms with Crippen LogP contribution >= 0.6 is 0 Å². The first-order valence-corrected chi connectivity index (χ1v) is 8.09. The molecule has 6 heteroatoms. The van der Waals surface area contributed by atoms with Crippen molar-refractivity contribution in [2.24, 2.45) is 5.73 Å². The molecule has 0 atom stereocenters. The number of carbonyl (C=O) groups is 2. The van der Waals surface area contributed by atoms with Crippen molar-refractivity contribution >= 4 is 17.5 Å². The maximum Gasteiger partial charge on any atom is 0.291 e. The van der Waals surface area contributed by atoms with E-state index < -0.39 is 0 Å². The lowest BCUT2D eigenvalue weighted by atomic mass is 9.97. The lowest BCUT2D eigenvalue weighted by Gasteiger charge is -2.28. The topological polar surface area (TPSA) is 97.4 Å². The highest BCUT2D eigenvalue weighted by atomic mass is 16.3. The Morgan fingerprint density at radius 1 is 1.12 bits per heavy atom. The molecule has 4 N–H and O–H groups in total. The Balaban J connectivity index is 1.70. The number of anilines is 1. The second kappa shape index (κ2) is 6.88. The van der Waals surface area contributed by atoms with Gasteiger partial charge in [0.25, 0.3) is 11.8 Å². The van der Waals surface area contributed by atoms with Crippen molar-refractivity contribution in [1.29, 1.82) is 0 Å². The van der Waals surface area contributed by atoms with Gasteiger partial charge in [0, 0.05) is 17.8 Å². The monoisotopic (exact) mass is 327 g/mol. The summed E-state index contributed by atoms with van der Waals surface area (Å²) in [5, 5.41) is 5.79. The number of carbonyl (C=O) groups excluding carboxylic acids is 2. The molecule has 0 aliphatic heterocycles. The zero-order valence-electron chi connectivity index (χ0n) is 13.4. The zero-order chi connectivity index (χ0) is 17.0. The number of rotatable bonds is 5. The Morgan fingerprint density at radius 2 is 1.92 bits per heavy atom. The minimum atomic E-state index is -0.355. The predicted octanol–water partition coefficient (Wildman–Crippen LogP) is 2.53. The Hall–Kier alpha value is -2.60. The van der Waals surface area contributed by atoms with Gasteiger partial charge in [-0.2, -0.15) is 0 Å². The number of amides is 2. The van der Waals surface area contributed by atoms with Gasteiger partial charge in [-0.25, -0.2) is 0 Å². The van der Waals surface area contributed by atoms with Crippen LogP contribution in [-0.2, 0) is 0 Å². The Bertz CT molecular complexity index is 719. The van der Waals surface area contributed by atoms with E-state index in [1.807, 2.05) is 0 Å². The van der Waals surface area contributed by atoms with Crippen molar-refractivity contribution in [1.82, 2.24) is 5.32 Å². The van der Waals surface area contributed by atoms with Crippen LogP contribution in [0.15, 0.2) is 47.1 Å². The minimum Gasteiger partial charge on any atom is -0.459 e. The van der Waals surface area contributed by atoms with Crippen LogP contribution in [0.5, 0.6) is 0 Å². The van der Waals surface area contributed by atoms with Gasteiger partial charge in [-0.1, -0.05) is 18.9 Å². The Kier molecular flexibility index (Phi) is 4.66. The number of furan rings is 1. The second-order valence-corrected chi connectivity index (χ2v) is 6.16. The van der Waals surface area contributed by atoms with Crippen molar-refractivity contribution in [3.8, 4) is 0 Å². The lowest BCUT2D eigenvalue weighted by molar-refractivity contribution is 0.0902. The third-order valence-corrected chi connectivity index (χ3v) is 4.46. The van der Waals surface area contributed by atoms with E-state index in [1.54, 1.807) is 36.4 Å². The van der Waals surface area contributed by atoms with Crippen molar-refractivity contribution in [2.45, 2.75) is 31.2 Å². The van der Waals surface area contributed by atoms with Gasteiger partial charge in [-0.3, -0.25) is 9.59 Å². The molecule has 6 nitrogen and oxygen atoms in total. The first-order valence-electron chi connectivity index (χ1n) is 8.09. The zero-order valence-corrected chi connectivity index (χ0v) is 13.4. The molecule has 2 aromatic rings. The summed E-state index contributed by atoms with van der Waals surface area (Å²) in [6.45, 7) is 0.438. The third kappa shape index (κ3) is 3.49. The molecule has 0 bridgehead atoms. The van der Waals surface area contributed by atoms with Gasteiger partial charge in [0.2, 0.25) is 0 Å². The molecular weight excluding hydrogens is 306 g/mol. The van der Waals surface area contributed by atoms with Crippen LogP contribution in [0.3, 0.4) is 0 Å². The van der Waals surface area contributed by atoms with E-state index in [2.05, 4.69) is 10.6 Å². The summed E-state index contributed by atoms with van der Waals surface area (Å²) >= 11 is 0. The van der Waals surface area contributed by atoms with Crippen LogP contribution in [0.25, 0.3) is 0 Å². The number of benzene rings is 1. The van der Waals surface area contributed by atoms with Crippen LogP contribution in [0.4, 0.5) is 5.69 Å². The molecule has 1 aliphatic rings. The predicted molar refractivity (Wildman–Crippen MR) is 90.8 cm³/mol. The molecule has 0 saturated heterocycles. The number of hydrogen-bond donors (Lipinski definition) is 3. The normalized spacial score (nSPS) is 15.9. The van der Waals surface area contributed by atoms with E-state index in [1.165, 1.54) is 6.26 Å². The average Bonchev–Trinajstić information content (AvgIpc) is 3.27. The van der Waals surface area contributed by atoms with E-state index >= 15 is 0 Å². The Morgan fingerprint density at radius 3 is 2.58 bits per heavy atom. The molecule has 0 radical (unpaired) electrons. The largest absolute Gasteiger partial charge is 0.459 e. The van der Waals surface area contributed by atoms with E-state index in [4.69, 9.17) is 10.2 Å². The first-order chi connectivity index (χ1) is 11.6. The molecular formula is C18H21N3O3. The van der Waals surface area contributed by atoms with Crippen LogP contribution in [0.2, 0.25) is 0 Å². The fourth-order valence-corrected chi connectivity index (χ4v) is 3.08. The molecule has 1 aromatic heterocycles. The molecule has 126 valence electrons. The van der Waals surface area contributed by atoms with E-state index in [-0.39, 0.29) is 23.1 Å². The summed E-state index contributed by atoms with van der Waals surface area (Å²) in [4.78, 5) is 24.5. The molecule has 1 aliphatic carbocycles. The molecule has 1 aromatic carbocycles. The fraction of sp³-hybridized carbons (Fsp3) is 0.333.